The van der Waals surface area contributed by atoms with Gasteiger partial charge in [-0.1, -0.05) is 36.4 Å². The molecule has 0 fully saturated rings. The fourth-order valence-corrected chi connectivity index (χ4v) is 2.93. The number of aliphatic hydroxyl groups excluding tert-OH is 1. The summed E-state index contributed by atoms with van der Waals surface area (Å²) >= 11 is 0. The van der Waals surface area contributed by atoms with Crippen molar-refractivity contribution < 1.29 is 5.11 Å². The van der Waals surface area contributed by atoms with E-state index in [0.717, 1.165) is 33.9 Å². The zero-order valence-electron chi connectivity index (χ0n) is 14.3. The maximum Gasteiger partial charge on any atom is 0.0880 e. The summed E-state index contributed by atoms with van der Waals surface area (Å²) in [6.07, 6.45) is 0. The summed E-state index contributed by atoms with van der Waals surface area (Å²) in [6, 6.07) is 18.4. The maximum atomic E-state index is 9.33. The molecule has 124 valence electrons. The summed E-state index contributed by atoms with van der Waals surface area (Å²) in [4.78, 5) is 0. The van der Waals surface area contributed by atoms with Crippen molar-refractivity contribution >= 4 is 5.69 Å². The second-order valence-corrected chi connectivity index (χ2v) is 6.13. The number of aliphatic hydroxyl groups is 1. The van der Waals surface area contributed by atoms with Gasteiger partial charge in [0.1, 0.15) is 0 Å². The number of aryl methyl sites for hydroxylation is 2. The van der Waals surface area contributed by atoms with Crippen molar-refractivity contribution in [1.29, 1.82) is 0 Å². The Morgan fingerprint density at radius 1 is 1.08 bits per heavy atom. The average molecular weight is 321 g/mol. The van der Waals surface area contributed by atoms with Gasteiger partial charge >= 0.3 is 0 Å². The van der Waals surface area contributed by atoms with Crippen LogP contribution >= 0.6 is 0 Å². The third kappa shape index (κ3) is 3.34. The number of nitrogens with one attached hydrogen (secondary N) is 1. The molecule has 2 N–H and O–H groups in total. The lowest BCUT2D eigenvalue weighted by molar-refractivity contribution is 0.281. The van der Waals surface area contributed by atoms with Gasteiger partial charge in [-0.05, 0) is 50.1 Å². The predicted molar refractivity (Wildman–Crippen MR) is 97.4 cm³/mol. The van der Waals surface area contributed by atoms with Crippen LogP contribution in [0.1, 0.15) is 35.5 Å². The Balaban J connectivity index is 1.91. The lowest BCUT2D eigenvalue weighted by atomic mass is 10.0. The molecule has 1 atom stereocenters. The van der Waals surface area contributed by atoms with Crippen LogP contribution in [0.5, 0.6) is 0 Å². The van der Waals surface area contributed by atoms with Crippen molar-refractivity contribution in [3.8, 4) is 5.69 Å². The van der Waals surface area contributed by atoms with Gasteiger partial charge in [0, 0.05) is 11.7 Å². The van der Waals surface area contributed by atoms with Crippen LogP contribution in [0.25, 0.3) is 5.69 Å². The van der Waals surface area contributed by atoms with Gasteiger partial charge in [0.05, 0.1) is 23.7 Å². The monoisotopic (exact) mass is 321 g/mol. The number of nitrogens with zero attached hydrogens (tertiary/aromatic N) is 2. The largest absolute Gasteiger partial charge is 0.392 e. The molecule has 1 unspecified atom stereocenters. The van der Waals surface area contributed by atoms with Gasteiger partial charge < -0.3 is 10.4 Å². The van der Waals surface area contributed by atoms with E-state index in [4.69, 9.17) is 0 Å². The van der Waals surface area contributed by atoms with Crippen LogP contribution in [-0.4, -0.2) is 14.9 Å². The Morgan fingerprint density at radius 3 is 2.58 bits per heavy atom. The van der Waals surface area contributed by atoms with Crippen molar-refractivity contribution in [3.05, 3.63) is 77.1 Å². The van der Waals surface area contributed by atoms with E-state index in [1.165, 1.54) is 0 Å². The molecule has 0 bridgehead atoms. The molecule has 3 rings (SSSR count). The first-order chi connectivity index (χ1) is 11.6. The minimum atomic E-state index is 0.0584. The summed E-state index contributed by atoms with van der Waals surface area (Å²) in [6.45, 7) is 6.24. The third-order valence-electron chi connectivity index (χ3n) is 4.15. The smallest absolute Gasteiger partial charge is 0.0880 e. The number of aromatic nitrogens is 2. The predicted octanol–water partition coefficient (Wildman–Crippen LogP) is 4.15. The molecule has 4 heteroatoms. The van der Waals surface area contributed by atoms with Gasteiger partial charge in [0.2, 0.25) is 0 Å². The number of rotatable bonds is 5. The molecule has 1 aromatic heterocycles. The molecule has 0 aliphatic rings. The summed E-state index contributed by atoms with van der Waals surface area (Å²) in [5.41, 5.74) is 6.25. The average Bonchev–Trinajstić information content (AvgIpc) is 2.93. The molecule has 0 aliphatic heterocycles. The highest BCUT2D eigenvalue weighted by atomic mass is 16.3. The first-order valence-electron chi connectivity index (χ1n) is 8.17. The minimum absolute atomic E-state index is 0.0584. The fraction of sp³-hybridized carbons (Fsp3) is 0.250. The number of anilines is 1. The van der Waals surface area contributed by atoms with E-state index in [9.17, 15) is 5.11 Å². The van der Waals surface area contributed by atoms with Gasteiger partial charge in [-0.3, -0.25) is 0 Å². The van der Waals surface area contributed by atoms with Gasteiger partial charge in [-0.25, -0.2) is 4.68 Å². The van der Waals surface area contributed by atoms with Crippen LogP contribution in [0.15, 0.2) is 54.6 Å². The van der Waals surface area contributed by atoms with Crippen LogP contribution in [-0.2, 0) is 6.61 Å². The lowest BCUT2D eigenvalue weighted by Crippen LogP contribution is -2.10. The molecule has 0 amide bonds. The van der Waals surface area contributed by atoms with Crippen LogP contribution in [0, 0.1) is 13.8 Å². The number of hydrogen-bond acceptors (Lipinski definition) is 3. The van der Waals surface area contributed by atoms with Crippen LogP contribution in [0.4, 0.5) is 5.69 Å². The molecule has 24 heavy (non-hydrogen) atoms. The van der Waals surface area contributed by atoms with E-state index in [-0.39, 0.29) is 12.6 Å². The topological polar surface area (TPSA) is 50.1 Å². The minimum Gasteiger partial charge on any atom is -0.392 e. The number of para-hydroxylation sites is 2. The quantitative estimate of drug-likeness (QED) is 0.742. The second-order valence-electron chi connectivity index (χ2n) is 6.13. The Labute approximate surface area is 142 Å². The van der Waals surface area contributed by atoms with Crippen molar-refractivity contribution in [2.45, 2.75) is 33.4 Å². The molecule has 0 saturated carbocycles. The van der Waals surface area contributed by atoms with Gasteiger partial charge in [-0.15, -0.1) is 0 Å². The van der Waals surface area contributed by atoms with Crippen molar-refractivity contribution in [2.24, 2.45) is 0 Å². The first kappa shape index (κ1) is 16.3. The zero-order valence-corrected chi connectivity index (χ0v) is 14.3. The summed E-state index contributed by atoms with van der Waals surface area (Å²) in [7, 11) is 0. The molecule has 0 radical (unpaired) electrons. The zero-order chi connectivity index (χ0) is 17.1. The highest BCUT2D eigenvalue weighted by Gasteiger charge is 2.12. The standard InChI is InChI=1S/C20H23N3O/c1-14-11-15(2)23(22-14)20-10-5-4-9-19(20)21-16(3)18-8-6-7-17(12-18)13-24/h4-12,16,21,24H,13H2,1-3H3. The molecule has 0 saturated heterocycles. The van der Waals surface area contributed by atoms with Crippen molar-refractivity contribution in [2.75, 3.05) is 5.32 Å². The van der Waals surface area contributed by atoms with Gasteiger partial charge in [0.15, 0.2) is 0 Å². The van der Waals surface area contributed by atoms with E-state index in [0.29, 0.717) is 0 Å². The van der Waals surface area contributed by atoms with Crippen molar-refractivity contribution in [1.82, 2.24) is 9.78 Å². The maximum absolute atomic E-state index is 9.33. The Bertz CT molecular complexity index is 838. The van der Waals surface area contributed by atoms with E-state index in [1.807, 2.05) is 41.9 Å². The molecular formula is C20H23N3O. The third-order valence-corrected chi connectivity index (χ3v) is 4.15. The molecule has 0 aliphatic carbocycles. The summed E-state index contributed by atoms with van der Waals surface area (Å²) in [5.74, 6) is 0. The number of benzene rings is 2. The Morgan fingerprint density at radius 2 is 1.88 bits per heavy atom. The van der Waals surface area contributed by atoms with E-state index >= 15 is 0 Å². The number of hydrogen-bond donors (Lipinski definition) is 2. The van der Waals surface area contributed by atoms with E-state index < -0.39 is 0 Å². The Hall–Kier alpha value is -2.59. The van der Waals surface area contributed by atoms with Crippen LogP contribution in [0.2, 0.25) is 0 Å². The normalized spacial score (nSPS) is 12.2. The lowest BCUT2D eigenvalue weighted by Gasteiger charge is -2.19. The molecule has 0 spiro atoms. The fourth-order valence-electron chi connectivity index (χ4n) is 2.93. The van der Waals surface area contributed by atoms with Crippen LogP contribution in [0.3, 0.4) is 0 Å². The molecular weight excluding hydrogens is 298 g/mol. The van der Waals surface area contributed by atoms with E-state index in [2.05, 4.69) is 48.5 Å². The second kappa shape index (κ2) is 6.89. The van der Waals surface area contributed by atoms with E-state index in [1.54, 1.807) is 0 Å². The summed E-state index contributed by atoms with van der Waals surface area (Å²) in [5, 5.41) is 17.5. The first-order valence-corrected chi connectivity index (χ1v) is 8.17. The van der Waals surface area contributed by atoms with Crippen molar-refractivity contribution in [3.63, 3.8) is 0 Å². The molecule has 3 aromatic rings. The highest BCUT2D eigenvalue weighted by molar-refractivity contribution is 5.62. The molecule has 2 aromatic carbocycles. The van der Waals surface area contributed by atoms with Crippen LogP contribution < -0.4 is 5.32 Å². The SMILES string of the molecule is Cc1cc(C)n(-c2ccccc2NC(C)c2cccc(CO)c2)n1. The summed E-state index contributed by atoms with van der Waals surface area (Å²) < 4.78 is 1.97. The Kier molecular flexibility index (Phi) is 4.67. The highest BCUT2D eigenvalue weighted by Crippen LogP contribution is 2.26. The molecule has 1 heterocycles. The molecule has 4 nitrogen and oxygen atoms in total. The van der Waals surface area contributed by atoms with Gasteiger partial charge in [0.25, 0.3) is 0 Å². The van der Waals surface area contributed by atoms with Gasteiger partial charge in [-0.2, -0.15) is 5.10 Å².